The number of nitrogens with one attached hydrogen (secondary N) is 1. The number of carbonyl (C=O) groups excluding carboxylic acids is 2. The van der Waals surface area contributed by atoms with Crippen LogP contribution in [0.25, 0.3) is 0 Å². The number of hydrogen-bond donors (Lipinski definition) is 1. The summed E-state index contributed by atoms with van der Waals surface area (Å²) in [4.78, 5) is 26.9. The zero-order valence-electron chi connectivity index (χ0n) is 18.7. The molecule has 0 spiro atoms. The fourth-order valence-corrected chi connectivity index (χ4v) is 5.48. The van der Waals surface area contributed by atoms with Crippen molar-refractivity contribution < 1.29 is 18.0 Å². The van der Waals surface area contributed by atoms with Gasteiger partial charge in [0, 0.05) is 38.3 Å². The lowest BCUT2D eigenvalue weighted by atomic mass is 10.1. The summed E-state index contributed by atoms with van der Waals surface area (Å²) in [6.07, 6.45) is 1.63. The smallest absolute Gasteiger partial charge is 0.243 e. The Labute approximate surface area is 190 Å². The highest BCUT2D eigenvalue weighted by atomic mass is 32.2. The van der Waals surface area contributed by atoms with E-state index in [2.05, 4.69) is 5.32 Å². The Balaban J connectivity index is 1.65. The van der Waals surface area contributed by atoms with Crippen molar-refractivity contribution in [3.63, 3.8) is 0 Å². The second-order valence-electron chi connectivity index (χ2n) is 8.01. The number of nitrogens with zero attached hydrogens (tertiary/aromatic N) is 2. The first-order chi connectivity index (χ1) is 15.4. The van der Waals surface area contributed by atoms with Gasteiger partial charge in [0.15, 0.2) is 0 Å². The SMILES string of the molecule is CCCN(CCC)S(=O)(=O)c1ccc(N2CC(C(=O)NCc3ccccc3)CC2=O)cc1. The van der Waals surface area contributed by atoms with Gasteiger partial charge in [-0.25, -0.2) is 8.42 Å². The Morgan fingerprint density at radius 2 is 1.66 bits per heavy atom. The van der Waals surface area contributed by atoms with Gasteiger partial charge in [-0.3, -0.25) is 9.59 Å². The molecule has 3 rings (SSSR count). The molecule has 7 nitrogen and oxygen atoms in total. The Kier molecular flexibility index (Phi) is 8.04. The van der Waals surface area contributed by atoms with Gasteiger partial charge < -0.3 is 10.2 Å². The van der Waals surface area contributed by atoms with Gasteiger partial charge in [-0.15, -0.1) is 0 Å². The Bertz CT molecular complexity index is 1020. The Hall–Kier alpha value is -2.71. The van der Waals surface area contributed by atoms with Crippen LogP contribution in [0.3, 0.4) is 0 Å². The van der Waals surface area contributed by atoms with Crippen LogP contribution in [0, 0.1) is 5.92 Å². The molecule has 172 valence electrons. The number of sulfonamides is 1. The lowest BCUT2D eigenvalue weighted by molar-refractivity contribution is -0.126. The van der Waals surface area contributed by atoms with Crippen molar-refractivity contribution in [3.05, 3.63) is 60.2 Å². The summed E-state index contributed by atoms with van der Waals surface area (Å²) in [6.45, 7) is 5.55. The highest BCUT2D eigenvalue weighted by molar-refractivity contribution is 7.89. The van der Waals surface area contributed by atoms with Crippen LogP contribution in [0.4, 0.5) is 5.69 Å². The molecule has 0 bridgehead atoms. The molecule has 0 aromatic heterocycles. The molecule has 1 aliphatic rings. The fraction of sp³-hybridized carbons (Fsp3) is 0.417. The second kappa shape index (κ2) is 10.7. The van der Waals surface area contributed by atoms with Gasteiger partial charge in [-0.05, 0) is 42.7 Å². The summed E-state index contributed by atoms with van der Waals surface area (Å²) in [5.74, 6) is -0.725. The van der Waals surface area contributed by atoms with E-state index in [4.69, 9.17) is 0 Å². The van der Waals surface area contributed by atoms with E-state index in [1.807, 2.05) is 44.2 Å². The van der Waals surface area contributed by atoms with E-state index in [1.54, 1.807) is 29.2 Å². The molecule has 1 aliphatic heterocycles. The van der Waals surface area contributed by atoms with Gasteiger partial charge in [0.05, 0.1) is 10.8 Å². The molecule has 2 amide bonds. The number of carbonyl (C=O) groups is 2. The minimum atomic E-state index is -3.57. The van der Waals surface area contributed by atoms with Crippen LogP contribution >= 0.6 is 0 Å². The normalized spacial score (nSPS) is 16.5. The van der Waals surface area contributed by atoms with Gasteiger partial charge >= 0.3 is 0 Å². The molecular weight excluding hydrogens is 426 g/mol. The van der Waals surface area contributed by atoms with E-state index in [0.717, 1.165) is 18.4 Å². The lowest BCUT2D eigenvalue weighted by Crippen LogP contribution is -2.33. The highest BCUT2D eigenvalue weighted by Gasteiger charge is 2.35. The Morgan fingerprint density at radius 3 is 2.25 bits per heavy atom. The van der Waals surface area contributed by atoms with E-state index in [1.165, 1.54) is 4.31 Å². The van der Waals surface area contributed by atoms with Crippen molar-refractivity contribution in [1.29, 1.82) is 0 Å². The number of rotatable bonds is 10. The van der Waals surface area contributed by atoms with Crippen LogP contribution in [0.5, 0.6) is 0 Å². The molecular formula is C24H31N3O4S. The average molecular weight is 458 g/mol. The maximum Gasteiger partial charge on any atom is 0.243 e. The van der Waals surface area contributed by atoms with Crippen LogP contribution in [-0.4, -0.2) is 44.2 Å². The van der Waals surface area contributed by atoms with Gasteiger partial charge in [0.25, 0.3) is 0 Å². The third-order valence-electron chi connectivity index (χ3n) is 5.54. The summed E-state index contributed by atoms with van der Waals surface area (Å²) >= 11 is 0. The maximum absolute atomic E-state index is 12.9. The average Bonchev–Trinajstić information content (AvgIpc) is 3.20. The van der Waals surface area contributed by atoms with Gasteiger partial charge in [0.2, 0.25) is 21.8 Å². The van der Waals surface area contributed by atoms with Crippen LogP contribution < -0.4 is 10.2 Å². The molecule has 1 atom stereocenters. The molecule has 0 radical (unpaired) electrons. The standard InChI is InChI=1S/C24H31N3O4S/c1-3-14-26(15-4-2)32(30,31)22-12-10-21(11-13-22)27-18-20(16-23(27)28)24(29)25-17-19-8-6-5-7-9-19/h5-13,20H,3-4,14-18H2,1-2H3,(H,25,29). The van der Waals surface area contributed by atoms with E-state index in [9.17, 15) is 18.0 Å². The molecule has 1 saturated heterocycles. The van der Waals surface area contributed by atoms with Gasteiger partial charge in [-0.1, -0.05) is 44.2 Å². The van der Waals surface area contributed by atoms with E-state index in [0.29, 0.717) is 25.3 Å². The summed E-state index contributed by atoms with van der Waals surface area (Å²) in [6, 6.07) is 16.0. The third kappa shape index (κ3) is 5.55. The first kappa shape index (κ1) is 23.9. The molecule has 0 aliphatic carbocycles. The molecule has 8 heteroatoms. The van der Waals surface area contributed by atoms with Crippen LogP contribution in [0.2, 0.25) is 0 Å². The topological polar surface area (TPSA) is 86.8 Å². The molecule has 2 aromatic rings. The number of hydrogen-bond acceptors (Lipinski definition) is 4. The van der Waals surface area contributed by atoms with Gasteiger partial charge in [-0.2, -0.15) is 4.31 Å². The highest BCUT2D eigenvalue weighted by Crippen LogP contribution is 2.27. The fourth-order valence-electron chi connectivity index (χ4n) is 3.86. The molecule has 1 heterocycles. The minimum absolute atomic E-state index is 0.140. The molecule has 0 saturated carbocycles. The largest absolute Gasteiger partial charge is 0.352 e. The molecule has 32 heavy (non-hydrogen) atoms. The quantitative estimate of drug-likeness (QED) is 0.594. The van der Waals surface area contributed by atoms with E-state index in [-0.39, 0.29) is 29.7 Å². The van der Waals surface area contributed by atoms with E-state index < -0.39 is 15.9 Å². The van der Waals surface area contributed by atoms with E-state index >= 15 is 0 Å². The zero-order chi connectivity index (χ0) is 23.1. The summed E-state index contributed by atoms with van der Waals surface area (Å²) < 4.78 is 27.4. The summed E-state index contributed by atoms with van der Waals surface area (Å²) in [5, 5.41) is 2.90. The first-order valence-corrected chi connectivity index (χ1v) is 12.5. The third-order valence-corrected chi connectivity index (χ3v) is 7.45. The Morgan fingerprint density at radius 1 is 1.03 bits per heavy atom. The number of amides is 2. The van der Waals surface area contributed by atoms with Crippen molar-refractivity contribution in [1.82, 2.24) is 9.62 Å². The predicted octanol–water partition coefficient (Wildman–Crippen LogP) is 3.17. The molecule has 2 aromatic carbocycles. The van der Waals surface area contributed by atoms with Crippen LogP contribution in [0.15, 0.2) is 59.5 Å². The monoisotopic (exact) mass is 457 g/mol. The van der Waals surface area contributed by atoms with Crippen LogP contribution in [0.1, 0.15) is 38.7 Å². The van der Waals surface area contributed by atoms with Crippen LogP contribution in [-0.2, 0) is 26.2 Å². The summed E-state index contributed by atoms with van der Waals surface area (Å²) in [5.41, 5.74) is 1.60. The number of anilines is 1. The van der Waals surface area contributed by atoms with Crippen molar-refractivity contribution in [2.24, 2.45) is 5.92 Å². The van der Waals surface area contributed by atoms with Gasteiger partial charge in [0.1, 0.15) is 0 Å². The van der Waals surface area contributed by atoms with Crippen molar-refractivity contribution in [2.45, 2.75) is 44.6 Å². The zero-order valence-corrected chi connectivity index (χ0v) is 19.5. The maximum atomic E-state index is 12.9. The van der Waals surface area contributed by atoms with Crippen molar-refractivity contribution in [3.8, 4) is 0 Å². The summed E-state index contributed by atoms with van der Waals surface area (Å²) in [7, 11) is -3.57. The second-order valence-corrected chi connectivity index (χ2v) is 9.94. The van der Waals surface area contributed by atoms with Crippen molar-refractivity contribution >= 4 is 27.5 Å². The number of benzene rings is 2. The first-order valence-electron chi connectivity index (χ1n) is 11.1. The molecule has 1 N–H and O–H groups in total. The molecule has 1 unspecified atom stereocenters. The predicted molar refractivity (Wildman–Crippen MR) is 125 cm³/mol. The van der Waals surface area contributed by atoms with Crippen molar-refractivity contribution in [2.75, 3.05) is 24.5 Å². The molecule has 1 fully saturated rings. The lowest BCUT2D eigenvalue weighted by Gasteiger charge is -2.22. The minimum Gasteiger partial charge on any atom is -0.352 e.